The van der Waals surface area contributed by atoms with Gasteiger partial charge >= 0.3 is 0 Å². The standard InChI is InChI=1S/C15H22N2/c1-3-16-13-9-5-8-12-11-7-4-6-10(2)14(11)17-15(12)13/h5,8-11,14,16-17H,3-4,6-7H2,1-2H3. The van der Waals surface area contributed by atoms with Gasteiger partial charge in [-0.3, -0.25) is 0 Å². The minimum absolute atomic E-state index is 0.665. The van der Waals surface area contributed by atoms with Gasteiger partial charge in [-0.05, 0) is 37.3 Å². The van der Waals surface area contributed by atoms with Crippen molar-refractivity contribution < 1.29 is 0 Å². The van der Waals surface area contributed by atoms with Crippen molar-refractivity contribution in [3.05, 3.63) is 23.8 Å². The quantitative estimate of drug-likeness (QED) is 0.807. The molecule has 2 aliphatic rings. The Morgan fingerprint density at radius 3 is 3.06 bits per heavy atom. The van der Waals surface area contributed by atoms with Crippen molar-refractivity contribution in [3.63, 3.8) is 0 Å². The molecule has 0 saturated heterocycles. The Kier molecular flexibility index (Phi) is 2.73. The third kappa shape index (κ3) is 1.70. The molecule has 2 heteroatoms. The molecule has 1 aliphatic heterocycles. The van der Waals surface area contributed by atoms with Crippen LogP contribution in [0.4, 0.5) is 11.4 Å². The number of para-hydroxylation sites is 1. The van der Waals surface area contributed by atoms with Gasteiger partial charge in [-0.1, -0.05) is 25.5 Å². The zero-order valence-corrected chi connectivity index (χ0v) is 10.8. The highest BCUT2D eigenvalue weighted by molar-refractivity contribution is 5.76. The van der Waals surface area contributed by atoms with Gasteiger partial charge < -0.3 is 10.6 Å². The van der Waals surface area contributed by atoms with E-state index < -0.39 is 0 Å². The zero-order valence-electron chi connectivity index (χ0n) is 10.8. The molecule has 0 bridgehead atoms. The summed E-state index contributed by atoms with van der Waals surface area (Å²) < 4.78 is 0. The van der Waals surface area contributed by atoms with E-state index in [1.165, 1.54) is 30.6 Å². The lowest BCUT2D eigenvalue weighted by atomic mass is 9.77. The maximum atomic E-state index is 3.78. The first-order valence-electron chi connectivity index (χ1n) is 6.94. The Bertz CT molecular complexity index is 413. The predicted molar refractivity (Wildman–Crippen MR) is 73.8 cm³/mol. The summed E-state index contributed by atoms with van der Waals surface area (Å²) in [4.78, 5) is 0. The third-order valence-corrected chi connectivity index (χ3v) is 4.40. The summed E-state index contributed by atoms with van der Waals surface area (Å²) in [6.45, 7) is 5.54. The smallest absolute Gasteiger partial charge is 0.0614 e. The van der Waals surface area contributed by atoms with Crippen LogP contribution < -0.4 is 10.6 Å². The number of hydrogen-bond donors (Lipinski definition) is 2. The maximum Gasteiger partial charge on any atom is 0.0614 e. The number of hydrogen-bond acceptors (Lipinski definition) is 2. The summed E-state index contributed by atoms with van der Waals surface area (Å²) >= 11 is 0. The number of rotatable bonds is 2. The van der Waals surface area contributed by atoms with Gasteiger partial charge in [-0.15, -0.1) is 0 Å². The average Bonchev–Trinajstić information content (AvgIpc) is 2.71. The Morgan fingerprint density at radius 2 is 2.24 bits per heavy atom. The topological polar surface area (TPSA) is 24.1 Å². The number of benzene rings is 1. The highest BCUT2D eigenvalue weighted by Gasteiger charge is 2.38. The molecule has 1 fully saturated rings. The fourth-order valence-corrected chi connectivity index (χ4v) is 3.55. The van der Waals surface area contributed by atoms with Crippen molar-refractivity contribution in [2.75, 3.05) is 17.2 Å². The van der Waals surface area contributed by atoms with E-state index in [-0.39, 0.29) is 0 Å². The molecule has 0 amide bonds. The molecule has 1 aliphatic carbocycles. The van der Waals surface area contributed by atoms with E-state index in [0.717, 1.165) is 18.4 Å². The van der Waals surface area contributed by atoms with Gasteiger partial charge in [0.15, 0.2) is 0 Å². The summed E-state index contributed by atoms with van der Waals surface area (Å²) in [5.74, 6) is 1.54. The van der Waals surface area contributed by atoms with E-state index >= 15 is 0 Å². The zero-order chi connectivity index (χ0) is 11.8. The molecule has 2 N–H and O–H groups in total. The molecule has 3 atom stereocenters. The Hall–Kier alpha value is -1.18. The van der Waals surface area contributed by atoms with Crippen LogP contribution in [-0.2, 0) is 0 Å². The molecule has 0 aromatic heterocycles. The summed E-state index contributed by atoms with van der Waals surface area (Å²) in [7, 11) is 0. The molecule has 17 heavy (non-hydrogen) atoms. The van der Waals surface area contributed by atoms with Crippen LogP contribution in [0, 0.1) is 5.92 Å². The lowest BCUT2D eigenvalue weighted by Gasteiger charge is -2.31. The van der Waals surface area contributed by atoms with Crippen molar-refractivity contribution in [2.24, 2.45) is 5.92 Å². The van der Waals surface area contributed by atoms with Crippen molar-refractivity contribution in [3.8, 4) is 0 Å². The molecule has 0 radical (unpaired) electrons. The number of anilines is 2. The first-order chi connectivity index (χ1) is 8.31. The van der Waals surface area contributed by atoms with E-state index in [1.54, 1.807) is 5.56 Å². The van der Waals surface area contributed by atoms with Gasteiger partial charge in [0.25, 0.3) is 0 Å². The predicted octanol–water partition coefficient (Wildman–Crippen LogP) is 3.82. The van der Waals surface area contributed by atoms with Crippen LogP contribution in [0.3, 0.4) is 0 Å². The third-order valence-electron chi connectivity index (χ3n) is 4.40. The van der Waals surface area contributed by atoms with Gasteiger partial charge in [-0.2, -0.15) is 0 Å². The highest BCUT2D eigenvalue weighted by atomic mass is 15.0. The van der Waals surface area contributed by atoms with E-state index in [1.807, 2.05) is 0 Å². The highest BCUT2D eigenvalue weighted by Crippen LogP contribution is 2.48. The van der Waals surface area contributed by atoms with Crippen molar-refractivity contribution in [1.82, 2.24) is 0 Å². The van der Waals surface area contributed by atoms with Crippen LogP contribution >= 0.6 is 0 Å². The molecule has 1 saturated carbocycles. The Labute approximate surface area is 104 Å². The molecule has 92 valence electrons. The van der Waals surface area contributed by atoms with E-state index in [0.29, 0.717) is 6.04 Å². The maximum absolute atomic E-state index is 3.78. The van der Waals surface area contributed by atoms with Gasteiger partial charge in [-0.25, -0.2) is 0 Å². The van der Waals surface area contributed by atoms with Gasteiger partial charge in [0.2, 0.25) is 0 Å². The fourth-order valence-electron chi connectivity index (χ4n) is 3.55. The van der Waals surface area contributed by atoms with Crippen LogP contribution in [0.15, 0.2) is 18.2 Å². The molecular formula is C15H22N2. The second-order valence-corrected chi connectivity index (χ2v) is 5.48. The van der Waals surface area contributed by atoms with Crippen LogP contribution in [0.1, 0.15) is 44.6 Å². The van der Waals surface area contributed by atoms with Gasteiger partial charge in [0.1, 0.15) is 0 Å². The SMILES string of the molecule is CCNc1cccc2c1NC1C(C)CCCC21. The Morgan fingerprint density at radius 1 is 1.35 bits per heavy atom. The van der Waals surface area contributed by atoms with Crippen LogP contribution in [-0.4, -0.2) is 12.6 Å². The lowest BCUT2D eigenvalue weighted by molar-refractivity contribution is 0.322. The summed E-state index contributed by atoms with van der Waals surface area (Å²) in [6, 6.07) is 7.36. The van der Waals surface area contributed by atoms with Crippen molar-refractivity contribution >= 4 is 11.4 Å². The summed E-state index contributed by atoms with van der Waals surface area (Å²) in [6.07, 6.45) is 4.11. The number of nitrogens with one attached hydrogen (secondary N) is 2. The summed E-state index contributed by atoms with van der Waals surface area (Å²) in [5, 5.41) is 7.25. The van der Waals surface area contributed by atoms with Gasteiger partial charge in [0.05, 0.1) is 11.4 Å². The first-order valence-corrected chi connectivity index (χ1v) is 6.94. The molecule has 3 unspecified atom stereocenters. The van der Waals surface area contributed by atoms with E-state index in [4.69, 9.17) is 0 Å². The molecule has 1 aromatic rings. The van der Waals surface area contributed by atoms with E-state index in [9.17, 15) is 0 Å². The molecule has 0 spiro atoms. The Balaban J connectivity index is 1.97. The monoisotopic (exact) mass is 230 g/mol. The molecule has 3 rings (SSSR count). The number of fused-ring (bicyclic) bond motifs is 3. The molecule has 1 heterocycles. The summed E-state index contributed by atoms with van der Waals surface area (Å²) in [5.41, 5.74) is 4.20. The molecule has 1 aromatic carbocycles. The second-order valence-electron chi connectivity index (χ2n) is 5.48. The largest absolute Gasteiger partial charge is 0.384 e. The molecular weight excluding hydrogens is 208 g/mol. The van der Waals surface area contributed by atoms with Crippen LogP contribution in [0.5, 0.6) is 0 Å². The average molecular weight is 230 g/mol. The minimum atomic E-state index is 0.665. The first kappa shape index (κ1) is 10.9. The van der Waals surface area contributed by atoms with Crippen molar-refractivity contribution in [2.45, 2.75) is 45.1 Å². The van der Waals surface area contributed by atoms with Gasteiger partial charge in [0, 0.05) is 18.5 Å². The van der Waals surface area contributed by atoms with Crippen LogP contribution in [0.25, 0.3) is 0 Å². The van der Waals surface area contributed by atoms with E-state index in [2.05, 4.69) is 42.7 Å². The minimum Gasteiger partial charge on any atom is -0.384 e. The fraction of sp³-hybridized carbons (Fsp3) is 0.600. The normalized spacial score (nSPS) is 30.4. The lowest BCUT2D eigenvalue weighted by Crippen LogP contribution is -2.31. The molecule has 2 nitrogen and oxygen atoms in total. The van der Waals surface area contributed by atoms with Crippen molar-refractivity contribution in [1.29, 1.82) is 0 Å². The second kappa shape index (κ2) is 4.25. The van der Waals surface area contributed by atoms with Crippen LogP contribution in [0.2, 0.25) is 0 Å².